The number of aryl methyl sites for hydroxylation is 1. The van der Waals surface area contributed by atoms with Gasteiger partial charge in [0, 0.05) is 24.0 Å². The summed E-state index contributed by atoms with van der Waals surface area (Å²) in [6, 6.07) is 2.27. The zero-order chi connectivity index (χ0) is 13.9. The molecule has 0 aromatic carbocycles. The zero-order valence-corrected chi connectivity index (χ0v) is 12.5. The third kappa shape index (κ3) is 2.67. The first-order chi connectivity index (χ1) is 9.14. The van der Waals surface area contributed by atoms with E-state index >= 15 is 0 Å². The molecule has 3 nitrogen and oxygen atoms in total. The fraction of sp³-hybridized carbons (Fsp3) is 0.688. The van der Waals surface area contributed by atoms with Crippen molar-refractivity contribution in [1.29, 1.82) is 0 Å². The average molecular weight is 261 g/mol. The zero-order valence-electron chi connectivity index (χ0n) is 12.5. The summed E-state index contributed by atoms with van der Waals surface area (Å²) in [6.07, 6.45) is 8.86. The Morgan fingerprint density at radius 2 is 1.89 bits per heavy atom. The van der Waals surface area contributed by atoms with Gasteiger partial charge in [0.2, 0.25) is 0 Å². The normalized spacial score (nSPS) is 19.8. The number of nitrogens with zero attached hydrogens (tertiary/aromatic N) is 2. The van der Waals surface area contributed by atoms with Crippen LogP contribution in [-0.4, -0.2) is 28.5 Å². The first-order valence-electron chi connectivity index (χ1n) is 7.56. The number of pyridine rings is 1. The Labute approximate surface area is 117 Å². The van der Waals surface area contributed by atoms with Crippen LogP contribution in [0.15, 0.2) is 18.5 Å². The summed E-state index contributed by atoms with van der Waals surface area (Å²) in [5.41, 5.74) is 9.20. The number of hydrogen-bond acceptors (Lipinski definition) is 3. The van der Waals surface area contributed by atoms with Gasteiger partial charge in [-0.2, -0.15) is 0 Å². The molecule has 1 aliphatic carbocycles. The van der Waals surface area contributed by atoms with E-state index in [0.717, 1.165) is 13.1 Å². The SMILES string of the molecule is CCN(CC)C1(C(N)c2cncc(C)c2)CCCC1. The highest BCUT2D eigenvalue weighted by atomic mass is 15.2. The maximum absolute atomic E-state index is 6.67. The fourth-order valence-corrected chi connectivity index (χ4v) is 3.72. The fourth-order valence-electron chi connectivity index (χ4n) is 3.72. The molecule has 0 saturated heterocycles. The second-order valence-electron chi connectivity index (χ2n) is 5.76. The number of nitrogens with two attached hydrogens (primary N) is 1. The molecule has 2 rings (SSSR count). The number of aromatic nitrogens is 1. The molecule has 1 aromatic heterocycles. The molecule has 0 amide bonds. The summed E-state index contributed by atoms with van der Waals surface area (Å²) in [5.74, 6) is 0. The van der Waals surface area contributed by atoms with Crippen molar-refractivity contribution >= 4 is 0 Å². The van der Waals surface area contributed by atoms with Gasteiger partial charge in [0.1, 0.15) is 0 Å². The Balaban J connectivity index is 2.33. The average Bonchev–Trinajstić information content (AvgIpc) is 2.90. The highest BCUT2D eigenvalue weighted by Gasteiger charge is 2.43. The molecule has 3 heteroatoms. The molecule has 2 N–H and O–H groups in total. The van der Waals surface area contributed by atoms with Crippen molar-refractivity contribution in [3.63, 3.8) is 0 Å². The van der Waals surface area contributed by atoms with Crippen LogP contribution in [0.1, 0.15) is 56.7 Å². The van der Waals surface area contributed by atoms with Crippen molar-refractivity contribution in [3.05, 3.63) is 29.6 Å². The van der Waals surface area contributed by atoms with Gasteiger partial charge in [-0.1, -0.05) is 32.8 Å². The summed E-state index contributed by atoms with van der Waals surface area (Å²) in [6.45, 7) is 8.71. The van der Waals surface area contributed by atoms with E-state index in [4.69, 9.17) is 5.73 Å². The highest BCUT2D eigenvalue weighted by Crippen LogP contribution is 2.43. The van der Waals surface area contributed by atoms with Crippen molar-refractivity contribution in [2.24, 2.45) is 5.73 Å². The molecule has 1 unspecified atom stereocenters. The van der Waals surface area contributed by atoms with Gasteiger partial charge in [0.05, 0.1) is 0 Å². The van der Waals surface area contributed by atoms with Gasteiger partial charge in [-0.3, -0.25) is 9.88 Å². The molecule has 106 valence electrons. The molecule has 1 atom stereocenters. The lowest BCUT2D eigenvalue weighted by Gasteiger charge is -2.45. The van der Waals surface area contributed by atoms with Crippen LogP contribution >= 0.6 is 0 Å². The number of rotatable bonds is 5. The smallest absolute Gasteiger partial charge is 0.0497 e. The molecule has 0 aliphatic heterocycles. The standard InChI is InChI=1S/C16H27N3/c1-4-19(5-2)16(8-6-7-9-16)15(17)14-10-13(3)11-18-12-14/h10-12,15H,4-9,17H2,1-3H3. The van der Waals surface area contributed by atoms with Gasteiger partial charge < -0.3 is 5.73 Å². The van der Waals surface area contributed by atoms with Crippen LogP contribution in [0.25, 0.3) is 0 Å². The maximum Gasteiger partial charge on any atom is 0.0497 e. The van der Waals surface area contributed by atoms with Crippen molar-refractivity contribution < 1.29 is 0 Å². The van der Waals surface area contributed by atoms with E-state index in [2.05, 4.69) is 36.7 Å². The van der Waals surface area contributed by atoms with E-state index in [1.54, 1.807) is 0 Å². The van der Waals surface area contributed by atoms with Crippen molar-refractivity contribution in [3.8, 4) is 0 Å². The van der Waals surface area contributed by atoms with E-state index in [1.165, 1.54) is 36.8 Å². The van der Waals surface area contributed by atoms with Gasteiger partial charge in [-0.15, -0.1) is 0 Å². The van der Waals surface area contributed by atoms with E-state index in [1.807, 2.05) is 12.4 Å². The lowest BCUT2D eigenvalue weighted by atomic mass is 9.82. The minimum absolute atomic E-state index is 0.0716. The molecule has 0 radical (unpaired) electrons. The third-order valence-corrected chi connectivity index (χ3v) is 4.70. The van der Waals surface area contributed by atoms with Crippen molar-refractivity contribution in [1.82, 2.24) is 9.88 Å². The Morgan fingerprint density at radius 1 is 1.26 bits per heavy atom. The maximum atomic E-state index is 6.67. The predicted octanol–water partition coefficient (Wildman–Crippen LogP) is 3.04. The Hall–Kier alpha value is -0.930. The Kier molecular flexibility index (Phi) is 4.58. The van der Waals surface area contributed by atoms with Crippen LogP contribution in [0.3, 0.4) is 0 Å². The van der Waals surface area contributed by atoms with Crippen LogP contribution in [0.4, 0.5) is 0 Å². The number of hydrogen-bond donors (Lipinski definition) is 1. The molecule has 1 saturated carbocycles. The van der Waals surface area contributed by atoms with E-state index in [9.17, 15) is 0 Å². The van der Waals surface area contributed by atoms with Crippen LogP contribution in [0.2, 0.25) is 0 Å². The largest absolute Gasteiger partial charge is 0.322 e. The molecule has 0 spiro atoms. The van der Waals surface area contributed by atoms with Gasteiger partial charge >= 0.3 is 0 Å². The predicted molar refractivity (Wildman–Crippen MR) is 80.0 cm³/mol. The molecular formula is C16H27N3. The Bertz CT molecular complexity index is 406. The lowest BCUT2D eigenvalue weighted by molar-refractivity contribution is 0.0769. The summed E-state index contributed by atoms with van der Waals surface area (Å²) in [7, 11) is 0. The van der Waals surface area contributed by atoms with Crippen molar-refractivity contribution in [2.75, 3.05) is 13.1 Å². The third-order valence-electron chi connectivity index (χ3n) is 4.70. The molecule has 0 bridgehead atoms. The molecular weight excluding hydrogens is 234 g/mol. The first-order valence-corrected chi connectivity index (χ1v) is 7.56. The monoisotopic (exact) mass is 261 g/mol. The van der Waals surface area contributed by atoms with Gasteiger partial charge in [0.25, 0.3) is 0 Å². The minimum atomic E-state index is 0.0716. The number of likely N-dealkylation sites (N-methyl/N-ethyl adjacent to an activating group) is 1. The van der Waals surface area contributed by atoms with E-state index in [0.29, 0.717) is 0 Å². The molecule has 1 aromatic rings. The summed E-state index contributed by atoms with van der Waals surface area (Å²) in [5, 5.41) is 0. The van der Waals surface area contributed by atoms with Crippen LogP contribution in [0, 0.1) is 6.92 Å². The molecule has 1 heterocycles. The topological polar surface area (TPSA) is 42.1 Å². The molecule has 1 fully saturated rings. The second-order valence-corrected chi connectivity index (χ2v) is 5.76. The van der Waals surface area contributed by atoms with Gasteiger partial charge in [-0.05, 0) is 44.0 Å². The molecule has 19 heavy (non-hydrogen) atoms. The van der Waals surface area contributed by atoms with Gasteiger partial charge in [-0.25, -0.2) is 0 Å². The minimum Gasteiger partial charge on any atom is -0.322 e. The van der Waals surface area contributed by atoms with Crippen LogP contribution < -0.4 is 5.73 Å². The van der Waals surface area contributed by atoms with Crippen molar-refractivity contribution in [2.45, 2.75) is 58.0 Å². The lowest BCUT2D eigenvalue weighted by Crippen LogP contribution is -2.53. The quantitative estimate of drug-likeness (QED) is 0.886. The highest BCUT2D eigenvalue weighted by molar-refractivity contribution is 5.24. The summed E-state index contributed by atoms with van der Waals surface area (Å²) in [4.78, 5) is 6.88. The van der Waals surface area contributed by atoms with Crippen LogP contribution in [0.5, 0.6) is 0 Å². The molecule has 1 aliphatic rings. The first kappa shape index (κ1) is 14.5. The summed E-state index contributed by atoms with van der Waals surface area (Å²) >= 11 is 0. The van der Waals surface area contributed by atoms with E-state index < -0.39 is 0 Å². The van der Waals surface area contributed by atoms with E-state index in [-0.39, 0.29) is 11.6 Å². The van der Waals surface area contributed by atoms with Gasteiger partial charge in [0.15, 0.2) is 0 Å². The second kappa shape index (κ2) is 6.02. The summed E-state index contributed by atoms with van der Waals surface area (Å²) < 4.78 is 0. The Morgan fingerprint density at radius 3 is 2.42 bits per heavy atom. The van der Waals surface area contributed by atoms with Crippen LogP contribution in [-0.2, 0) is 0 Å².